The van der Waals surface area contributed by atoms with Crippen LogP contribution in [-0.4, -0.2) is 49.6 Å². The van der Waals surface area contributed by atoms with E-state index in [4.69, 9.17) is 16.6 Å². The Morgan fingerprint density at radius 3 is 2.54 bits per heavy atom. The van der Waals surface area contributed by atoms with Crippen LogP contribution in [0.3, 0.4) is 0 Å². The summed E-state index contributed by atoms with van der Waals surface area (Å²) in [5.74, 6) is 0.307. The topological polar surface area (TPSA) is 110 Å². The van der Waals surface area contributed by atoms with Crippen LogP contribution in [0.4, 0.5) is 11.6 Å². The van der Waals surface area contributed by atoms with Gasteiger partial charge in [-0.2, -0.15) is 5.10 Å². The number of anilines is 2. The lowest BCUT2D eigenvalue weighted by molar-refractivity contribution is 0.0980. The summed E-state index contributed by atoms with van der Waals surface area (Å²) in [7, 11) is 3.78. The quantitative estimate of drug-likeness (QED) is 0.233. The number of nitrogens with one attached hydrogen (secondary N) is 2. The maximum atomic E-state index is 13.7. The van der Waals surface area contributed by atoms with Gasteiger partial charge in [0.1, 0.15) is 5.15 Å². The van der Waals surface area contributed by atoms with Crippen LogP contribution >= 0.6 is 23.5 Å². The molecule has 0 bridgehead atoms. The molecule has 1 aromatic carbocycles. The van der Waals surface area contributed by atoms with Crippen molar-refractivity contribution >= 4 is 52.0 Å². The van der Waals surface area contributed by atoms with E-state index >= 15 is 0 Å². The number of rotatable bonds is 7. The summed E-state index contributed by atoms with van der Waals surface area (Å²) in [6.07, 6.45) is 5.45. The fourth-order valence-electron chi connectivity index (χ4n) is 5.75. The van der Waals surface area contributed by atoms with Crippen LogP contribution in [0.2, 0.25) is 5.15 Å². The van der Waals surface area contributed by atoms with Crippen LogP contribution in [0.15, 0.2) is 41.3 Å². The standard InChI is InChI=1S/C29H35ClN8O2S/c1-17-15-19(18(2)32-21-7-8-23(30)33-25(21)26(39)35-41-6)24-20(16-17)27(40)36(4)28(34-24)38-13-10-29(3,11-14-38)22-9-12-31-37(22)5/h7-9,12,15-16,18,32H,10-11,13-14H2,1-6H3,(H,35,39). The number of halogens is 1. The van der Waals surface area contributed by atoms with Crippen LogP contribution in [0.5, 0.6) is 0 Å². The number of aryl methyl sites for hydroxylation is 2. The Bertz CT molecular complexity index is 1680. The molecule has 0 spiro atoms. The molecule has 1 aliphatic heterocycles. The lowest BCUT2D eigenvalue weighted by atomic mass is 9.77. The van der Waals surface area contributed by atoms with Crippen molar-refractivity contribution in [3.05, 3.63) is 74.6 Å². The van der Waals surface area contributed by atoms with Gasteiger partial charge < -0.3 is 10.2 Å². The molecule has 3 aromatic heterocycles. The van der Waals surface area contributed by atoms with Crippen molar-refractivity contribution in [3.63, 3.8) is 0 Å². The van der Waals surface area contributed by atoms with Crippen LogP contribution < -0.4 is 20.5 Å². The summed E-state index contributed by atoms with van der Waals surface area (Å²) < 4.78 is 6.32. The zero-order chi connectivity index (χ0) is 29.5. The second-order valence-corrected chi connectivity index (χ2v) is 11.9. The van der Waals surface area contributed by atoms with Gasteiger partial charge in [-0.25, -0.2) is 9.97 Å². The first-order valence-electron chi connectivity index (χ1n) is 13.5. The molecule has 1 unspecified atom stereocenters. The third-order valence-electron chi connectivity index (χ3n) is 8.03. The lowest BCUT2D eigenvalue weighted by Crippen LogP contribution is -2.44. The molecule has 0 aliphatic carbocycles. The second-order valence-electron chi connectivity index (χ2n) is 10.9. The monoisotopic (exact) mass is 594 g/mol. The van der Waals surface area contributed by atoms with E-state index in [9.17, 15) is 9.59 Å². The van der Waals surface area contributed by atoms with Crippen LogP contribution in [0.1, 0.15) is 60.0 Å². The first-order valence-corrected chi connectivity index (χ1v) is 15.1. The van der Waals surface area contributed by atoms with Crippen molar-refractivity contribution in [2.24, 2.45) is 14.1 Å². The molecular formula is C29H35ClN8O2S. The molecule has 0 saturated carbocycles. The van der Waals surface area contributed by atoms with E-state index in [1.54, 1.807) is 30.0 Å². The van der Waals surface area contributed by atoms with Gasteiger partial charge in [0.25, 0.3) is 11.5 Å². The van der Waals surface area contributed by atoms with E-state index in [1.165, 1.54) is 17.6 Å². The molecule has 1 fully saturated rings. The minimum atomic E-state index is -0.346. The molecule has 41 heavy (non-hydrogen) atoms. The number of piperidine rings is 1. The predicted octanol–water partition coefficient (Wildman–Crippen LogP) is 4.76. The summed E-state index contributed by atoms with van der Waals surface area (Å²) in [5, 5.41) is 8.58. The Kier molecular flexibility index (Phi) is 8.02. The number of fused-ring (bicyclic) bond motifs is 1. The molecule has 1 amide bonds. The zero-order valence-electron chi connectivity index (χ0n) is 24.2. The normalized spacial score (nSPS) is 15.6. The van der Waals surface area contributed by atoms with Crippen molar-refractivity contribution in [1.82, 2.24) is 29.0 Å². The number of carbonyl (C=O) groups excluding carboxylic acids is 1. The third kappa shape index (κ3) is 5.52. The largest absolute Gasteiger partial charge is 0.377 e. The van der Waals surface area contributed by atoms with Gasteiger partial charge in [-0.05, 0) is 56.5 Å². The number of hydrogen-bond donors (Lipinski definition) is 2. The van der Waals surface area contributed by atoms with Crippen LogP contribution in [-0.2, 0) is 19.5 Å². The van der Waals surface area contributed by atoms with Gasteiger partial charge in [0.15, 0.2) is 5.69 Å². The first-order chi connectivity index (χ1) is 19.5. The maximum Gasteiger partial charge on any atom is 0.281 e. The minimum absolute atomic E-state index is 0.00503. The highest BCUT2D eigenvalue weighted by Crippen LogP contribution is 2.36. The average molecular weight is 595 g/mol. The lowest BCUT2D eigenvalue weighted by Gasteiger charge is -2.40. The van der Waals surface area contributed by atoms with Crippen LogP contribution in [0.25, 0.3) is 10.9 Å². The fraction of sp³-hybridized carbons (Fsp3) is 0.414. The second kappa shape index (κ2) is 11.4. The highest BCUT2D eigenvalue weighted by atomic mass is 35.5. The van der Waals surface area contributed by atoms with E-state index in [0.29, 0.717) is 22.5 Å². The van der Waals surface area contributed by atoms with Gasteiger partial charge >= 0.3 is 0 Å². The zero-order valence-corrected chi connectivity index (χ0v) is 25.7. The van der Waals surface area contributed by atoms with Gasteiger partial charge in [-0.3, -0.25) is 23.6 Å². The highest BCUT2D eigenvalue weighted by Gasteiger charge is 2.35. The molecule has 1 atom stereocenters. The molecule has 4 aromatic rings. The summed E-state index contributed by atoms with van der Waals surface area (Å²) in [6, 6.07) is 9.11. The predicted molar refractivity (Wildman–Crippen MR) is 166 cm³/mol. The van der Waals surface area contributed by atoms with Crippen molar-refractivity contribution in [1.29, 1.82) is 0 Å². The molecule has 0 radical (unpaired) electrons. The summed E-state index contributed by atoms with van der Waals surface area (Å²) >= 11 is 7.30. The van der Waals surface area contributed by atoms with Crippen molar-refractivity contribution < 1.29 is 4.79 Å². The Hall–Kier alpha value is -3.57. The molecule has 12 heteroatoms. The maximum absolute atomic E-state index is 13.7. The third-order valence-corrected chi connectivity index (χ3v) is 8.63. The summed E-state index contributed by atoms with van der Waals surface area (Å²) in [5.41, 5.74) is 4.33. The van der Waals surface area contributed by atoms with Crippen molar-refractivity contribution in [3.8, 4) is 0 Å². The molecule has 4 heterocycles. The van der Waals surface area contributed by atoms with E-state index < -0.39 is 0 Å². The Morgan fingerprint density at radius 2 is 1.88 bits per heavy atom. The number of hydrogen-bond acceptors (Lipinski definition) is 8. The van der Waals surface area contributed by atoms with Gasteiger partial charge in [-0.15, -0.1) is 0 Å². The molecule has 216 valence electrons. The Balaban J connectivity index is 1.51. The number of amides is 1. The van der Waals surface area contributed by atoms with Gasteiger partial charge in [0.05, 0.1) is 22.6 Å². The molecular weight excluding hydrogens is 560 g/mol. The van der Waals surface area contributed by atoms with Gasteiger partial charge in [-0.1, -0.05) is 36.5 Å². The Morgan fingerprint density at radius 1 is 1.15 bits per heavy atom. The molecule has 10 nitrogen and oxygen atoms in total. The number of nitrogens with zero attached hydrogens (tertiary/aromatic N) is 6. The molecule has 2 N–H and O–H groups in total. The highest BCUT2D eigenvalue weighted by molar-refractivity contribution is 7.97. The number of aromatic nitrogens is 5. The SMILES string of the molecule is CSNC(=O)c1nc(Cl)ccc1NC(C)c1cc(C)cc2c(=O)n(C)c(N3CCC(C)(c4ccnn4C)CC3)nc12. The van der Waals surface area contributed by atoms with Crippen LogP contribution in [0, 0.1) is 6.92 Å². The van der Waals surface area contributed by atoms with E-state index in [0.717, 1.165) is 37.1 Å². The molecule has 1 aliphatic rings. The van der Waals surface area contributed by atoms with Gasteiger partial charge in [0, 0.05) is 56.3 Å². The smallest absolute Gasteiger partial charge is 0.281 e. The number of carbonyl (C=O) groups is 1. The molecule has 5 rings (SSSR count). The number of benzene rings is 1. The number of pyridine rings is 1. The van der Waals surface area contributed by atoms with E-state index in [1.807, 2.05) is 43.9 Å². The molecule has 1 saturated heterocycles. The fourth-order valence-corrected chi connectivity index (χ4v) is 6.18. The average Bonchev–Trinajstić information content (AvgIpc) is 3.39. The van der Waals surface area contributed by atoms with Gasteiger partial charge in [0.2, 0.25) is 5.95 Å². The van der Waals surface area contributed by atoms with Crippen molar-refractivity contribution in [2.45, 2.75) is 45.1 Å². The van der Waals surface area contributed by atoms with Crippen molar-refractivity contribution in [2.75, 3.05) is 29.6 Å². The minimum Gasteiger partial charge on any atom is -0.377 e. The summed E-state index contributed by atoms with van der Waals surface area (Å²) in [4.78, 5) is 37.9. The van der Waals surface area contributed by atoms with E-state index in [2.05, 4.69) is 38.0 Å². The summed E-state index contributed by atoms with van der Waals surface area (Å²) in [6.45, 7) is 7.77. The Labute approximate surface area is 248 Å². The van der Waals surface area contributed by atoms with E-state index in [-0.39, 0.29) is 33.8 Å². The first kappa shape index (κ1) is 28.9.